The number of ether oxygens (including phenoxy) is 2. The van der Waals surface area contributed by atoms with Gasteiger partial charge in [-0.25, -0.2) is 0 Å². The molecule has 4 rings (SSSR count). The predicted octanol–water partition coefficient (Wildman–Crippen LogP) is 4.85. The standard InChI is InChI=1S/C27H30N2O3/c1-4-19-10-8-9-13-23(19)28-26(30)18-29-15-14-21-16-24(31-2)25(32-3)17-22(21)27(29)20-11-6-5-7-12-20/h5-13,16-17,27H,4,14-15,18H2,1-3H3,(H,28,30)/t27-/m0/s1. The molecule has 0 saturated heterocycles. The van der Waals surface area contributed by atoms with Crippen molar-refractivity contribution >= 4 is 11.6 Å². The lowest BCUT2D eigenvalue weighted by molar-refractivity contribution is -0.117. The Morgan fingerprint density at radius 2 is 1.69 bits per heavy atom. The fraction of sp³-hybridized carbons (Fsp3) is 0.296. The van der Waals surface area contributed by atoms with Crippen molar-refractivity contribution in [3.63, 3.8) is 0 Å². The van der Waals surface area contributed by atoms with Gasteiger partial charge in [-0.05, 0) is 53.3 Å². The van der Waals surface area contributed by atoms with Crippen LogP contribution in [-0.2, 0) is 17.6 Å². The first-order chi connectivity index (χ1) is 15.6. The van der Waals surface area contributed by atoms with Crippen molar-refractivity contribution in [3.8, 4) is 11.5 Å². The Morgan fingerprint density at radius 1 is 1.00 bits per heavy atom. The summed E-state index contributed by atoms with van der Waals surface area (Å²) >= 11 is 0. The van der Waals surface area contributed by atoms with Crippen LogP contribution in [0.15, 0.2) is 66.7 Å². The molecule has 0 spiro atoms. The molecule has 0 fully saturated rings. The van der Waals surface area contributed by atoms with Crippen molar-refractivity contribution in [2.75, 3.05) is 32.6 Å². The van der Waals surface area contributed by atoms with Crippen LogP contribution in [0.1, 0.15) is 35.2 Å². The van der Waals surface area contributed by atoms with E-state index in [-0.39, 0.29) is 11.9 Å². The number of aryl methyl sites for hydroxylation is 1. The normalized spacial score (nSPS) is 15.7. The quantitative estimate of drug-likeness (QED) is 0.582. The Labute approximate surface area is 190 Å². The molecule has 0 aromatic heterocycles. The molecule has 1 heterocycles. The van der Waals surface area contributed by atoms with E-state index in [0.717, 1.165) is 47.5 Å². The van der Waals surface area contributed by atoms with Gasteiger partial charge in [0.25, 0.3) is 0 Å². The van der Waals surface area contributed by atoms with Crippen LogP contribution in [0.25, 0.3) is 0 Å². The number of hydrogen-bond acceptors (Lipinski definition) is 4. The minimum absolute atomic E-state index is 0.00393. The zero-order valence-electron chi connectivity index (χ0n) is 18.9. The van der Waals surface area contributed by atoms with Crippen LogP contribution >= 0.6 is 0 Å². The van der Waals surface area contributed by atoms with Crippen molar-refractivity contribution < 1.29 is 14.3 Å². The van der Waals surface area contributed by atoms with Gasteiger partial charge in [0, 0.05) is 12.2 Å². The van der Waals surface area contributed by atoms with Crippen LogP contribution in [0.3, 0.4) is 0 Å². The lowest BCUT2D eigenvalue weighted by atomic mass is 9.87. The molecule has 0 bridgehead atoms. The second-order valence-corrected chi connectivity index (χ2v) is 8.00. The van der Waals surface area contributed by atoms with Gasteiger partial charge in [-0.3, -0.25) is 9.69 Å². The van der Waals surface area contributed by atoms with Gasteiger partial charge in [0.15, 0.2) is 11.5 Å². The van der Waals surface area contributed by atoms with Gasteiger partial charge >= 0.3 is 0 Å². The molecule has 0 aliphatic carbocycles. The number of carbonyl (C=O) groups is 1. The van der Waals surface area contributed by atoms with E-state index in [2.05, 4.69) is 47.5 Å². The predicted molar refractivity (Wildman–Crippen MR) is 128 cm³/mol. The van der Waals surface area contributed by atoms with Crippen molar-refractivity contribution in [3.05, 3.63) is 89.0 Å². The van der Waals surface area contributed by atoms with Crippen molar-refractivity contribution in [1.29, 1.82) is 0 Å². The van der Waals surface area contributed by atoms with Gasteiger partial charge in [-0.2, -0.15) is 0 Å². The number of benzene rings is 3. The van der Waals surface area contributed by atoms with E-state index >= 15 is 0 Å². The van der Waals surface area contributed by atoms with E-state index in [1.54, 1.807) is 14.2 Å². The Bertz CT molecular complexity index is 1080. The van der Waals surface area contributed by atoms with Crippen molar-refractivity contribution in [2.24, 2.45) is 0 Å². The van der Waals surface area contributed by atoms with E-state index in [1.165, 1.54) is 5.56 Å². The molecule has 166 valence electrons. The molecule has 1 amide bonds. The monoisotopic (exact) mass is 430 g/mol. The third-order valence-electron chi connectivity index (χ3n) is 6.11. The van der Waals surface area contributed by atoms with E-state index in [9.17, 15) is 4.79 Å². The van der Waals surface area contributed by atoms with Gasteiger partial charge in [0.2, 0.25) is 5.91 Å². The maximum atomic E-state index is 13.1. The molecule has 1 atom stereocenters. The first-order valence-corrected chi connectivity index (χ1v) is 11.1. The highest BCUT2D eigenvalue weighted by molar-refractivity contribution is 5.93. The highest BCUT2D eigenvalue weighted by Gasteiger charge is 2.31. The average molecular weight is 431 g/mol. The Balaban J connectivity index is 1.65. The van der Waals surface area contributed by atoms with Gasteiger partial charge in [-0.15, -0.1) is 0 Å². The SMILES string of the molecule is CCc1ccccc1NC(=O)CN1CCc2cc(OC)c(OC)cc2[C@@H]1c1ccccc1. The number of para-hydroxylation sites is 1. The molecule has 3 aromatic carbocycles. The van der Waals surface area contributed by atoms with Gasteiger partial charge in [-0.1, -0.05) is 55.5 Å². The van der Waals surface area contributed by atoms with Crippen LogP contribution in [0.5, 0.6) is 11.5 Å². The molecular formula is C27H30N2O3. The average Bonchev–Trinajstić information content (AvgIpc) is 2.83. The van der Waals surface area contributed by atoms with Crippen LogP contribution in [0.2, 0.25) is 0 Å². The molecule has 1 N–H and O–H groups in total. The second kappa shape index (κ2) is 9.88. The van der Waals surface area contributed by atoms with E-state index in [4.69, 9.17) is 9.47 Å². The van der Waals surface area contributed by atoms with E-state index < -0.39 is 0 Å². The molecule has 32 heavy (non-hydrogen) atoms. The number of hydrogen-bond donors (Lipinski definition) is 1. The topological polar surface area (TPSA) is 50.8 Å². The molecular weight excluding hydrogens is 400 g/mol. The molecule has 1 aliphatic rings. The smallest absolute Gasteiger partial charge is 0.238 e. The number of amides is 1. The molecule has 1 aliphatic heterocycles. The fourth-order valence-electron chi connectivity index (χ4n) is 4.52. The lowest BCUT2D eigenvalue weighted by Crippen LogP contribution is -2.41. The van der Waals surface area contributed by atoms with Gasteiger partial charge < -0.3 is 14.8 Å². The van der Waals surface area contributed by atoms with Crippen LogP contribution in [-0.4, -0.2) is 38.1 Å². The maximum Gasteiger partial charge on any atom is 0.238 e. The summed E-state index contributed by atoms with van der Waals surface area (Å²) in [7, 11) is 3.31. The molecule has 3 aromatic rings. The number of methoxy groups -OCH3 is 2. The third-order valence-corrected chi connectivity index (χ3v) is 6.11. The van der Waals surface area contributed by atoms with Gasteiger partial charge in [0.05, 0.1) is 26.8 Å². The minimum Gasteiger partial charge on any atom is -0.493 e. The van der Waals surface area contributed by atoms with E-state index in [1.807, 2.05) is 36.4 Å². The Hall–Kier alpha value is -3.31. The van der Waals surface area contributed by atoms with E-state index in [0.29, 0.717) is 12.3 Å². The van der Waals surface area contributed by atoms with Gasteiger partial charge in [0.1, 0.15) is 0 Å². The van der Waals surface area contributed by atoms with Crippen LogP contribution in [0, 0.1) is 0 Å². The van der Waals surface area contributed by atoms with Crippen LogP contribution in [0.4, 0.5) is 5.69 Å². The largest absolute Gasteiger partial charge is 0.493 e. The highest BCUT2D eigenvalue weighted by atomic mass is 16.5. The number of carbonyl (C=O) groups excluding carboxylic acids is 1. The summed E-state index contributed by atoms with van der Waals surface area (Å²) < 4.78 is 11.1. The number of fused-ring (bicyclic) bond motifs is 1. The maximum absolute atomic E-state index is 13.1. The zero-order chi connectivity index (χ0) is 22.5. The first kappa shape index (κ1) is 21.9. The first-order valence-electron chi connectivity index (χ1n) is 11.1. The summed E-state index contributed by atoms with van der Waals surface area (Å²) in [4.78, 5) is 15.3. The summed E-state index contributed by atoms with van der Waals surface area (Å²) in [6, 6.07) is 22.4. The summed E-state index contributed by atoms with van der Waals surface area (Å²) in [6.45, 7) is 3.19. The molecule has 0 unspecified atom stereocenters. The number of anilines is 1. The van der Waals surface area contributed by atoms with Crippen molar-refractivity contribution in [1.82, 2.24) is 4.90 Å². The third kappa shape index (κ3) is 4.48. The number of nitrogens with one attached hydrogen (secondary N) is 1. The highest BCUT2D eigenvalue weighted by Crippen LogP contribution is 2.40. The number of rotatable bonds is 7. The van der Waals surface area contributed by atoms with Crippen molar-refractivity contribution in [2.45, 2.75) is 25.8 Å². The molecule has 5 heteroatoms. The minimum atomic E-state index is -0.0353. The summed E-state index contributed by atoms with van der Waals surface area (Å²) in [5.74, 6) is 1.44. The molecule has 5 nitrogen and oxygen atoms in total. The Kier molecular flexibility index (Phi) is 6.76. The molecule has 0 saturated carbocycles. The summed E-state index contributed by atoms with van der Waals surface area (Å²) in [5.41, 5.74) is 5.56. The second-order valence-electron chi connectivity index (χ2n) is 8.00. The number of nitrogens with zero attached hydrogens (tertiary/aromatic N) is 1. The van der Waals surface area contributed by atoms with Crippen LogP contribution < -0.4 is 14.8 Å². The lowest BCUT2D eigenvalue weighted by Gasteiger charge is -2.37. The Morgan fingerprint density at radius 3 is 2.41 bits per heavy atom. The zero-order valence-corrected chi connectivity index (χ0v) is 18.9. The summed E-state index contributed by atoms with van der Waals surface area (Å²) in [6.07, 6.45) is 1.72. The fourth-order valence-corrected chi connectivity index (χ4v) is 4.52. The summed E-state index contributed by atoms with van der Waals surface area (Å²) in [5, 5.41) is 3.12. The molecule has 0 radical (unpaired) electrons.